The molecule has 0 aromatic carbocycles. The van der Waals surface area contributed by atoms with Crippen molar-refractivity contribution in [1.29, 1.82) is 0 Å². The molecule has 0 bridgehead atoms. The molecular formula is C13H19N5O. The first-order valence-corrected chi connectivity index (χ1v) is 6.57. The molecular weight excluding hydrogens is 242 g/mol. The zero-order chi connectivity index (χ0) is 13.7. The van der Waals surface area contributed by atoms with Crippen molar-refractivity contribution < 1.29 is 4.74 Å². The van der Waals surface area contributed by atoms with E-state index in [0.29, 0.717) is 11.6 Å². The topological polar surface area (TPSA) is 64.9 Å². The van der Waals surface area contributed by atoms with E-state index in [9.17, 15) is 0 Å². The highest BCUT2D eigenvalue weighted by Gasteiger charge is 2.06. The second-order valence-electron chi connectivity index (χ2n) is 4.03. The highest BCUT2D eigenvalue weighted by Crippen LogP contribution is 2.21. The number of nitrogens with zero attached hydrogens (tertiary/aromatic N) is 4. The number of aryl methyl sites for hydroxylation is 2. The van der Waals surface area contributed by atoms with Gasteiger partial charge in [0.2, 0.25) is 5.88 Å². The third kappa shape index (κ3) is 3.43. The fourth-order valence-electron chi connectivity index (χ4n) is 1.65. The Bertz CT molecular complexity index is 538. The van der Waals surface area contributed by atoms with Crippen molar-refractivity contribution in [2.75, 3.05) is 11.9 Å². The van der Waals surface area contributed by atoms with Crippen LogP contribution in [0.15, 0.2) is 18.5 Å². The number of anilines is 1. The van der Waals surface area contributed by atoms with Gasteiger partial charge in [-0.05, 0) is 13.8 Å². The summed E-state index contributed by atoms with van der Waals surface area (Å²) >= 11 is 0. The second-order valence-corrected chi connectivity index (χ2v) is 4.03. The first kappa shape index (κ1) is 13.3. The maximum atomic E-state index is 5.72. The lowest BCUT2D eigenvalue weighted by atomic mass is 10.4. The molecule has 6 heteroatoms. The van der Waals surface area contributed by atoms with E-state index in [1.165, 1.54) is 0 Å². The Morgan fingerprint density at radius 3 is 2.74 bits per heavy atom. The van der Waals surface area contributed by atoms with Gasteiger partial charge in [0.25, 0.3) is 0 Å². The maximum absolute atomic E-state index is 5.72. The lowest BCUT2D eigenvalue weighted by Crippen LogP contribution is -2.04. The van der Waals surface area contributed by atoms with Crippen LogP contribution in [0.25, 0.3) is 0 Å². The summed E-state index contributed by atoms with van der Waals surface area (Å²) in [5, 5.41) is 7.34. The summed E-state index contributed by atoms with van der Waals surface area (Å²) in [7, 11) is 0. The summed E-state index contributed by atoms with van der Waals surface area (Å²) in [4.78, 5) is 8.74. The normalized spacial score (nSPS) is 10.5. The number of aromatic nitrogens is 4. The minimum absolute atomic E-state index is 0.540. The van der Waals surface area contributed by atoms with E-state index >= 15 is 0 Å². The molecule has 19 heavy (non-hydrogen) atoms. The van der Waals surface area contributed by atoms with Gasteiger partial charge in [-0.2, -0.15) is 10.1 Å². The summed E-state index contributed by atoms with van der Waals surface area (Å²) < 4.78 is 7.52. The summed E-state index contributed by atoms with van der Waals surface area (Å²) in [6.07, 6.45) is 4.30. The maximum Gasteiger partial charge on any atom is 0.224 e. The second kappa shape index (κ2) is 6.17. The summed E-state index contributed by atoms with van der Waals surface area (Å²) in [6, 6.07) is 1.80. The van der Waals surface area contributed by atoms with E-state index in [4.69, 9.17) is 4.74 Å². The highest BCUT2D eigenvalue weighted by atomic mass is 16.5. The Kier molecular flexibility index (Phi) is 4.33. The quantitative estimate of drug-likeness (QED) is 0.865. The van der Waals surface area contributed by atoms with E-state index in [0.717, 1.165) is 31.2 Å². The molecule has 0 amide bonds. The van der Waals surface area contributed by atoms with Gasteiger partial charge in [0, 0.05) is 25.6 Å². The van der Waals surface area contributed by atoms with Gasteiger partial charge in [0.05, 0.1) is 12.4 Å². The molecule has 0 aliphatic heterocycles. The fraction of sp³-hybridized carbons (Fsp3) is 0.462. The Balaban J connectivity index is 2.20. The highest BCUT2D eigenvalue weighted by molar-refractivity contribution is 5.39. The Morgan fingerprint density at radius 2 is 2.11 bits per heavy atom. The minimum atomic E-state index is 0.540. The van der Waals surface area contributed by atoms with Gasteiger partial charge in [0.15, 0.2) is 5.75 Å². The van der Waals surface area contributed by atoms with Crippen molar-refractivity contribution in [2.45, 2.75) is 33.7 Å². The minimum Gasteiger partial charge on any atom is -0.436 e. The molecule has 0 saturated heterocycles. The van der Waals surface area contributed by atoms with Crippen LogP contribution in [0, 0.1) is 0 Å². The number of hydrogen-bond acceptors (Lipinski definition) is 5. The SMILES string of the molecule is CCNc1cc(Oc2cnn(CC)c2)nc(CC)n1. The van der Waals surface area contributed by atoms with E-state index in [-0.39, 0.29) is 0 Å². The number of rotatable bonds is 6. The monoisotopic (exact) mass is 261 g/mol. The van der Waals surface area contributed by atoms with Crippen LogP contribution in [0.4, 0.5) is 5.82 Å². The lowest BCUT2D eigenvalue weighted by Gasteiger charge is -2.07. The molecule has 1 N–H and O–H groups in total. The molecule has 0 spiro atoms. The molecule has 0 aliphatic carbocycles. The van der Waals surface area contributed by atoms with Gasteiger partial charge < -0.3 is 10.1 Å². The molecule has 2 aromatic heterocycles. The molecule has 0 aliphatic rings. The summed E-state index contributed by atoms with van der Waals surface area (Å²) in [5.41, 5.74) is 0. The molecule has 0 unspecified atom stereocenters. The van der Waals surface area contributed by atoms with Crippen molar-refractivity contribution >= 4 is 5.82 Å². The largest absolute Gasteiger partial charge is 0.436 e. The summed E-state index contributed by atoms with van der Waals surface area (Å²) in [5.74, 6) is 2.77. The van der Waals surface area contributed by atoms with Crippen molar-refractivity contribution in [1.82, 2.24) is 19.7 Å². The predicted octanol–water partition coefficient (Wildman–Crippen LogP) is 2.48. The van der Waals surface area contributed by atoms with Gasteiger partial charge in [-0.1, -0.05) is 6.92 Å². The zero-order valence-corrected chi connectivity index (χ0v) is 11.6. The van der Waals surface area contributed by atoms with Gasteiger partial charge in [0.1, 0.15) is 11.6 Å². The fourth-order valence-corrected chi connectivity index (χ4v) is 1.65. The van der Waals surface area contributed by atoms with Gasteiger partial charge in [-0.3, -0.25) is 4.68 Å². The first-order valence-electron chi connectivity index (χ1n) is 6.57. The molecule has 0 fully saturated rings. The van der Waals surface area contributed by atoms with Crippen LogP contribution in [0.3, 0.4) is 0 Å². The van der Waals surface area contributed by atoms with Gasteiger partial charge in [-0.25, -0.2) is 4.98 Å². The van der Waals surface area contributed by atoms with Crippen LogP contribution < -0.4 is 10.1 Å². The molecule has 2 aromatic rings. The molecule has 0 saturated carbocycles. The van der Waals surface area contributed by atoms with E-state index in [1.807, 2.05) is 31.6 Å². The first-order chi connectivity index (χ1) is 9.25. The number of hydrogen-bond donors (Lipinski definition) is 1. The predicted molar refractivity (Wildman–Crippen MR) is 73.5 cm³/mol. The van der Waals surface area contributed by atoms with Crippen LogP contribution in [0.5, 0.6) is 11.6 Å². The van der Waals surface area contributed by atoms with Crippen LogP contribution in [-0.4, -0.2) is 26.3 Å². The average molecular weight is 261 g/mol. The van der Waals surface area contributed by atoms with Crippen molar-refractivity contribution in [3.63, 3.8) is 0 Å². The third-order valence-electron chi connectivity index (χ3n) is 2.58. The van der Waals surface area contributed by atoms with Crippen molar-refractivity contribution in [3.05, 3.63) is 24.3 Å². The van der Waals surface area contributed by atoms with E-state index in [2.05, 4.69) is 20.4 Å². The van der Waals surface area contributed by atoms with E-state index in [1.54, 1.807) is 12.3 Å². The molecule has 102 valence electrons. The van der Waals surface area contributed by atoms with Crippen LogP contribution >= 0.6 is 0 Å². The lowest BCUT2D eigenvalue weighted by molar-refractivity contribution is 0.458. The molecule has 2 rings (SSSR count). The molecule has 2 heterocycles. The van der Waals surface area contributed by atoms with Gasteiger partial charge >= 0.3 is 0 Å². The molecule has 6 nitrogen and oxygen atoms in total. The van der Waals surface area contributed by atoms with Crippen molar-refractivity contribution in [3.8, 4) is 11.6 Å². The Morgan fingerprint density at radius 1 is 1.26 bits per heavy atom. The smallest absolute Gasteiger partial charge is 0.224 e. The standard InChI is InChI=1S/C13H19N5O/c1-4-11-16-12(14-5-2)7-13(17-11)19-10-8-15-18(6-3)9-10/h7-9H,4-6H2,1-3H3,(H,14,16,17). The van der Waals surface area contributed by atoms with E-state index < -0.39 is 0 Å². The average Bonchev–Trinajstić information content (AvgIpc) is 2.86. The van der Waals surface area contributed by atoms with Gasteiger partial charge in [-0.15, -0.1) is 0 Å². The summed E-state index contributed by atoms with van der Waals surface area (Å²) in [6.45, 7) is 7.70. The third-order valence-corrected chi connectivity index (χ3v) is 2.58. The number of nitrogens with one attached hydrogen (secondary N) is 1. The van der Waals surface area contributed by atoms with Crippen LogP contribution in [0.2, 0.25) is 0 Å². The van der Waals surface area contributed by atoms with Crippen molar-refractivity contribution in [2.24, 2.45) is 0 Å². The molecule has 0 radical (unpaired) electrons. The Labute approximate surface area is 112 Å². The zero-order valence-electron chi connectivity index (χ0n) is 11.6. The van der Waals surface area contributed by atoms with Crippen LogP contribution in [0.1, 0.15) is 26.6 Å². The molecule has 0 atom stereocenters. The Hall–Kier alpha value is -2.11. The van der Waals surface area contributed by atoms with Crippen LogP contribution in [-0.2, 0) is 13.0 Å². The number of ether oxygens (including phenoxy) is 1.